The molecule has 0 aliphatic carbocycles. The number of ether oxygens (including phenoxy) is 2. The van der Waals surface area contributed by atoms with E-state index in [1.54, 1.807) is 30.3 Å². The number of hydrogen-bond donors (Lipinski definition) is 2. The van der Waals surface area contributed by atoms with Crippen LogP contribution in [0.5, 0.6) is 11.5 Å². The van der Waals surface area contributed by atoms with E-state index in [2.05, 4.69) is 4.72 Å². The maximum atomic E-state index is 12.2. The first kappa shape index (κ1) is 17.0. The van der Waals surface area contributed by atoms with Crippen molar-refractivity contribution in [1.29, 1.82) is 0 Å². The van der Waals surface area contributed by atoms with Crippen LogP contribution in [0, 0.1) is 0 Å². The summed E-state index contributed by atoms with van der Waals surface area (Å²) in [4.78, 5) is 0.0178. The molecule has 1 atom stereocenters. The molecule has 0 fully saturated rings. The first-order chi connectivity index (χ1) is 11.5. The monoisotopic (exact) mass is 369 g/mol. The molecule has 3 rings (SSSR count). The summed E-state index contributed by atoms with van der Waals surface area (Å²) >= 11 is 5.91. The minimum absolute atomic E-state index is 0.0178. The fourth-order valence-electron chi connectivity index (χ4n) is 2.36. The van der Waals surface area contributed by atoms with Gasteiger partial charge in [0.15, 0.2) is 11.5 Å². The van der Waals surface area contributed by atoms with Gasteiger partial charge in [-0.15, -0.1) is 0 Å². The number of fused-ring (bicyclic) bond motifs is 1. The highest BCUT2D eigenvalue weighted by Crippen LogP contribution is 2.34. The van der Waals surface area contributed by atoms with Crippen LogP contribution in [0.15, 0.2) is 47.4 Å². The van der Waals surface area contributed by atoms with Gasteiger partial charge >= 0.3 is 0 Å². The van der Waals surface area contributed by atoms with Crippen LogP contribution in [0.25, 0.3) is 0 Å². The minimum Gasteiger partial charge on any atom is -0.454 e. The Kier molecular flexibility index (Phi) is 4.96. The summed E-state index contributed by atoms with van der Waals surface area (Å²) in [6.07, 6.45) is -0.614. The van der Waals surface area contributed by atoms with E-state index in [0.717, 1.165) is 0 Å². The van der Waals surface area contributed by atoms with Gasteiger partial charge in [-0.1, -0.05) is 29.8 Å². The van der Waals surface area contributed by atoms with E-state index >= 15 is 0 Å². The quantitative estimate of drug-likeness (QED) is 0.817. The topological polar surface area (TPSA) is 84.9 Å². The summed E-state index contributed by atoms with van der Waals surface area (Å²) in [5.74, 6) is 1.20. The molecule has 8 heteroatoms. The van der Waals surface area contributed by atoms with Gasteiger partial charge in [-0.05, 0) is 36.2 Å². The van der Waals surface area contributed by atoms with Gasteiger partial charge in [0.1, 0.15) is 4.90 Å². The maximum Gasteiger partial charge on any atom is 0.242 e. The number of halogens is 1. The summed E-state index contributed by atoms with van der Waals surface area (Å²) in [6.45, 7) is 0.232. The normalized spacial score (nSPS) is 14.6. The van der Waals surface area contributed by atoms with Crippen LogP contribution in [0.3, 0.4) is 0 Å². The molecule has 0 bridgehead atoms. The van der Waals surface area contributed by atoms with Gasteiger partial charge in [-0.25, -0.2) is 13.1 Å². The molecule has 128 valence electrons. The van der Waals surface area contributed by atoms with Crippen molar-refractivity contribution in [2.75, 3.05) is 13.3 Å². The number of sulfonamides is 1. The second-order valence-corrected chi connectivity index (χ2v) is 7.39. The van der Waals surface area contributed by atoms with E-state index in [-0.39, 0.29) is 29.7 Å². The summed E-state index contributed by atoms with van der Waals surface area (Å²) in [5.41, 5.74) is 0.635. The smallest absolute Gasteiger partial charge is 0.242 e. The molecular weight excluding hydrogens is 354 g/mol. The lowest BCUT2D eigenvalue weighted by Crippen LogP contribution is -2.26. The number of aliphatic hydroxyl groups excluding tert-OH is 1. The highest BCUT2D eigenvalue weighted by atomic mass is 35.5. The second-order valence-electron chi connectivity index (χ2n) is 5.25. The summed E-state index contributed by atoms with van der Waals surface area (Å²) in [6, 6.07) is 11.3. The molecular formula is C16H16ClNO5S. The van der Waals surface area contributed by atoms with E-state index < -0.39 is 16.1 Å². The Labute approximate surface area is 145 Å². The van der Waals surface area contributed by atoms with E-state index in [1.807, 2.05) is 0 Å². The van der Waals surface area contributed by atoms with E-state index in [0.29, 0.717) is 17.1 Å². The van der Waals surface area contributed by atoms with Crippen molar-refractivity contribution in [3.8, 4) is 11.5 Å². The molecule has 24 heavy (non-hydrogen) atoms. The highest BCUT2D eigenvalue weighted by molar-refractivity contribution is 7.89. The highest BCUT2D eigenvalue weighted by Gasteiger charge is 2.19. The predicted octanol–water partition coefficient (Wildman–Crippen LogP) is 2.47. The molecule has 0 spiro atoms. The summed E-state index contributed by atoms with van der Waals surface area (Å²) in [7, 11) is -3.72. The summed E-state index contributed by atoms with van der Waals surface area (Å²) in [5, 5.41) is 10.4. The van der Waals surface area contributed by atoms with Gasteiger partial charge in [-0.3, -0.25) is 0 Å². The zero-order valence-corrected chi connectivity index (χ0v) is 14.2. The average molecular weight is 370 g/mol. The van der Waals surface area contributed by atoms with Gasteiger partial charge < -0.3 is 14.6 Å². The van der Waals surface area contributed by atoms with Crippen LogP contribution >= 0.6 is 11.6 Å². The Morgan fingerprint density at radius 2 is 1.92 bits per heavy atom. The van der Waals surface area contributed by atoms with Gasteiger partial charge in [-0.2, -0.15) is 0 Å². The van der Waals surface area contributed by atoms with Crippen LogP contribution < -0.4 is 14.2 Å². The van der Waals surface area contributed by atoms with Gasteiger partial charge in [0, 0.05) is 6.54 Å². The molecule has 1 heterocycles. The van der Waals surface area contributed by atoms with Gasteiger partial charge in [0.05, 0.1) is 11.1 Å². The molecule has 1 aliphatic rings. The summed E-state index contributed by atoms with van der Waals surface area (Å²) < 4.78 is 37.3. The van der Waals surface area contributed by atoms with Crippen LogP contribution in [0.1, 0.15) is 18.1 Å². The average Bonchev–Trinajstić information content (AvgIpc) is 3.02. The number of hydrogen-bond acceptors (Lipinski definition) is 5. The number of benzene rings is 2. The Morgan fingerprint density at radius 1 is 1.17 bits per heavy atom. The number of rotatable bonds is 6. The number of nitrogens with one attached hydrogen (secondary N) is 1. The second kappa shape index (κ2) is 6.98. The first-order valence-electron chi connectivity index (χ1n) is 7.29. The van der Waals surface area contributed by atoms with Gasteiger partial charge in [0.2, 0.25) is 16.8 Å². The van der Waals surface area contributed by atoms with Crippen LogP contribution in [0.4, 0.5) is 0 Å². The SMILES string of the molecule is O=S(=O)(NCC[C@H](O)c1ccc2c(c1)OCO2)c1ccccc1Cl. The molecule has 0 unspecified atom stereocenters. The molecule has 0 amide bonds. The van der Waals surface area contributed by atoms with Crippen molar-refractivity contribution < 1.29 is 23.0 Å². The van der Waals surface area contributed by atoms with Crippen molar-refractivity contribution in [3.63, 3.8) is 0 Å². The molecule has 0 saturated carbocycles. The van der Waals surface area contributed by atoms with Crippen molar-refractivity contribution >= 4 is 21.6 Å². The lowest BCUT2D eigenvalue weighted by molar-refractivity contribution is 0.166. The molecule has 2 aromatic rings. The molecule has 1 aliphatic heterocycles. The van der Waals surface area contributed by atoms with Crippen LogP contribution in [-0.4, -0.2) is 26.9 Å². The molecule has 0 saturated heterocycles. The fraction of sp³-hybridized carbons (Fsp3) is 0.250. The van der Waals surface area contributed by atoms with E-state index in [9.17, 15) is 13.5 Å². The van der Waals surface area contributed by atoms with Crippen molar-refractivity contribution in [3.05, 3.63) is 53.1 Å². The third kappa shape index (κ3) is 3.64. The Hall–Kier alpha value is -1.80. The van der Waals surface area contributed by atoms with Crippen molar-refractivity contribution in [1.82, 2.24) is 4.72 Å². The Bertz CT molecular complexity index is 840. The van der Waals surface area contributed by atoms with E-state index in [1.165, 1.54) is 12.1 Å². The largest absolute Gasteiger partial charge is 0.454 e. The standard InChI is InChI=1S/C16H16ClNO5S/c17-12-3-1-2-4-16(12)24(20,21)18-8-7-13(19)11-5-6-14-15(9-11)23-10-22-14/h1-6,9,13,18-19H,7-8,10H2/t13-/m0/s1. The zero-order valence-electron chi connectivity index (χ0n) is 12.6. The third-order valence-corrected chi connectivity index (χ3v) is 5.58. The molecule has 6 nitrogen and oxygen atoms in total. The molecule has 0 aromatic heterocycles. The van der Waals surface area contributed by atoms with E-state index in [4.69, 9.17) is 21.1 Å². The molecule has 0 radical (unpaired) electrons. The Morgan fingerprint density at radius 3 is 2.71 bits per heavy atom. The van der Waals surface area contributed by atoms with Gasteiger partial charge in [0.25, 0.3) is 0 Å². The van der Waals surface area contributed by atoms with Crippen LogP contribution in [-0.2, 0) is 10.0 Å². The molecule has 2 aromatic carbocycles. The lowest BCUT2D eigenvalue weighted by Gasteiger charge is -2.13. The van der Waals surface area contributed by atoms with Crippen molar-refractivity contribution in [2.24, 2.45) is 0 Å². The fourth-order valence-corrected chi connectivity index (χ4v) is 3.92. The number of aliphatic hydroxyl groups is 1. The minimum atomic E-state index is -3.72. The van der Waals surface area contributed by atoms with Crippen molar-refractivity contribution in [2.45, 2.75) is 17.4 Å². The zero-order chi connectivity index (χ0) is 17.2. The first-order valence-corrected chi connectivity index (χ1v) is 9.15. The van der Waals surface area contributed by atoms with Crippen LogP contribution in [0.2, 0.25) is 5.02 Å². The Balaban J connectivity index is 1.61. The maximum absolute atomic E-state index is 12.2. The lowest BCUT2D eigenvalue weighted by atomic mass is 10.1. The predicted molar refractivity (Wildman–Crippen MR) is 88.8 cm³/mol. The molecule has 2 N–H and O–H groups in total. The third-order valence-electron chi connectivity index (χ3n) is 3.62.